The molecule has 0 saturated carbocycles. The Labute approximate surface area is 123 Å². The van der Waals surface area contributed by atoms with Crippen LogP contribution in [0.5, 0.6) is 0 Å². The first kappa shape index (κ1) is 14.2. The molecule has 2 aromatic carbocycles. The molecule has 0 aliphatic carbocycles. The third-order valence-electron chi connectivity index (χ3n) is 2.81. The maximum atomic E-state index is 11.3. The number of anilines is 3. The monoisotopic (exact) mass is 286 g/mol. The average molecular weight is 287 g/mol. The summed E-state index contributed by atoms with van der Waals surface area (Å²) in [4.78, 5) is 11.3. The van der Waals surface area contributed by atoms with Crippen LogP contribution in [0.25, 0.3) is 0 Å². The third-order valence-corrected chi connectivity index (χ3v) is 3.07. The maximum absolute atomic E-state index is 11.3. The van der Waals surface area contributed by atoms with Gasteiger partial charge >= 0.3 is 0 Å². The van der Waals surface area contributed by atoms with E-state index in [0.717, 1.165) is 22.6 Å². The molecule has 1 amide bonds. The number of hydrogen-bond donors (Lipinski definition) is 2. The van der Waals surface area contributed by atoms with Gasteiger partial charge in [-0.25, -0.2) is 0 Å². The fourth-order valence-electron chi connectivity index (χ4n) is 1.72. The number of aryl methyl sites for hydroxylation is 1. The number of carbonyl (C=O) groups excluding carboxylic acids is 1. The fourth-order valence-corrected chi connectivity index (χ4v) is 1.84. The smallest absolute Gasteiger partial charge is 0.247 e. The van der Waals surface area contributed by atoms with Crippen molar-refractivity contribution in [2.24, 2.45) is 0 Å². The molecule has 2 aromatic rings. The molecule has 0 heterocycles. The Balaban J connectivity index is 2.22. The van der Waals surface area contributed by atoms with E-state index in [-0.39, 0.29) is 5.91 Å². The van der Waals surface area contributed by atoms with Crippen molar-refractivity contribution < 1.29 is 4.79 Å². The van der Waals surface area contributed by atoms with Crippen molar-refractivity contribution in [1.82, 2.24) is 0 Å². The molecular weight excluding hydrogens is 272 g/mol. The van der Waals surface area contributed by atoms with Crippen molar-refractivity contribution in [2.45, 2.75) is 6.92 Å². The van der Waals surface area contributed by atoms with Crippen molar-refractivity contribution in [2.75, 3.05) is 10.6 Å². The summed E-state index contributed by atoms with van der Waals surface area (Å²) in [5, 5.41) is 6.73. The maximum Gasteiger partial charge on any atom is 0.247 e. The Morgan fingerprint density at radius 2 is 1.80 bits per heavy atom. The van der Waals surface area contributed by atoms with E-state index in [4.69, 9.17) is 11.6 Å². The van der Waals surface area contributed by atoms with Crippen LogP contribution in [0.3, 0.4) is 0 Å². The summed E-state index contributed by atoms with van der Waals surface area (Å²) >= 11 is 5.86. The molecule has 0 bridgehead atoms. The van der Waals surface area contributed by atoms with Crippen molar-refractivity contribution >= 4 is 34.6 Å². The largest absolute Gasteiger partial charge is 0.355 e. The van der Waals surface area contributed by atoms with Gasteiger partial charge < -0.3 is 10.6 Å². The van der Waals surface area contributed by atoms with Crippen LogP contribution < -0.4 is 10.6 Å². The van der Waals surface area contributed by atoms with Gasteiger partial charge in [-0.2, -0.15) is 0 Å². The Morgan fingerprint density at radius 1 is 1.15 bits per heavy atom. The predicted molar refractivity (Wildman–Crippen MR) is 84.7 cm³/mol. The SMILES string of the molecule is C=CC(=O)Nc1ccc(C)c(Nc2ccc(Cl)cc2)c1. The number of nitrogens with one attached hydrogen (secondary N) is 2. The van der Waals surface area contributed by atoms with Crippen molar-refractivity contribution in [1.29, 1.82) is 0 Å². The second-order valence-corrected chi connectivity index (χ2v) is 4.79. The molecule has 3 nitrogen and oxygen atoms in total. The highest BCUT2D eigenvalue weighted by Crippen LogP contribution is 2.25. The standard InChI is InChI=1S/C16H15ClN2O/c1-3-16(20)19-14-7-4-11(2)15(10-14)18-13-8-5-12(17)6-9-13/h3-10,18H,1H2,2H3,(H,19,20). The Bertz CT molecular complexity index is 635. The van der Waals surface area contributed by atoms with Gasteiger partial charge in [-0.05, 0) is 55.0 Å². The zero-order chi connectivity index (χ0) is 14.5. The molecule has 0 saturated heterocycles. The highest BCUT2D eigenvalue weighted by Gasteiger charge is 2.03. The minimum absolute atomic E-state index is 0.230. The van der Waals surface area contributed by atoms with Crippen LogP contribution in [0.1, 0.15) is 5.56 Å². The summed E-state index contributed by atoms with van der Waals surface area (Å²) in [6.45, 7) is 5.43. The van der Waals surface area contributed by atoms with Crippen LogP contribution in [-0.2, 0) is 4.79 Å². The number of rotatable bonds is 4. The first-order valence-corrected chi connectivity index (χ1v) is 6.53. The van der Waals surface area contributed by atoms with Gasteiger partial charge in [0.2, 0.25) is 5.91 Å². The Hall–Kier alpha value is -2.26. The van der Waals surface area contributed by atoms with Crippen molar-refractivity contribution in [3.63, 3.8) is 0 Å². The molecule has 2 rings (SSSR count). The van der Waals surface area contributed by atoms with Gasteiger partial charge in [0.15, 0.2) is 0 Å². The van der Waals surface area contributed by atoms with E-state index >= 15 is 0 Å². The van der Waals surface area contributed by atoms with E-state index < -0.39 is 0 Å². The molecule has 0 spiro atoms. The predicted octanol–water partition coefficient (Wildman–Crippen LogP) is 4.52. The van der Waals surface area contributed by atoms with E-state index in [2.05, 4.69) is 17.2 Å². The number of hydrogen-bond acceptors (Lipinski definition) is 2. The van der Waals surface area contributed by atoms with Gasteiger partial charge in [-0.15, -0.1) is 0 Å². The summed E-state index contributed by atoms with van der Waals surface area (Å²) in [7, 11) is 0. The lowest BCUT2D eigenvalue weighted by Gasteiger charge is -2.12. The van der Waals surface area contributed by atoms with Crippen LogP contribution in [0.2, 0.25) is 5.02 Å². The second-order valence-electron chi connectivity index (χ2n) is 4.35. The average Bonchev–Trinajstić information content (AvgIpc) is 2.45. The summed E-state index contributed by atoms with van der Waals surface area (Å²) in [5.41, 5.74) is 3.66. The van der Waals surface area contributed by atoms with E-state index in [1.807, 2.05) is 49.4 Å². The molecule has 2 N–H and O–H groups in total. The highest BCUT2D eigenvalue weighted by molar-refractivity contribution is 6.30. The number of benzene rings is 2. The van der Waals surface area contributed by atoms with Gasteiger partial charge in [0, 0.05) is 22.1 Å². The molecule has 0 aromatic heterocycles. The zero-order valence-corrected chi connectivity index (χ0v) is 11.9. The molecule has 0 unspecified atom stereocenters. The molecule has 20 heavy (non-hydrogen) atoms. The summed E-state index contributed by atoms with van der Waals surface area (Å²) in [6, 6.07) is 13.1. The lowest BCUT2D eigenvalue weighted by atomic mass is 10.1. The molecule has 0 radical (unpaired) electrons. The molecule has 102 valence electrons. The van der Waals surface area contributed by atoms with Crippen LogP contribution in [0.15, 0.2) is 55.1 Å². The molecule has 4 heteroatoms. The minimum atomic E-state index is -0.230. The first-order chi connectivity index (χ1) is 9.58. The number of amides is 1. The van der Waals surface area contributed by atoms with E-state index in [1.165, 1.54) is 6.08 Å². The lowest BCUT2D eigenvalue weighted by Crippen LogP contribution is -2.07. The van der Waals surface area contributed by atoms with Gasteiger partial charge in [-0.3, -0.25) is 4.79 Å². The summed E-state index contributed by atoms with van der Waals surface area (Å²) in [6.07, 6.45) is 1.24. The van der Waals surface area contributed by atoms with E-state index in [9.17, 15) is 4.79 Å². The third kappa shape index (κ3) is 3.62. The van der Waals surface area contributed by atoms with Crippen molar-refractivity contribution in [3.05, 3.63) is 65.7 Å². The number of halogens is 1. The van der Waals surface area contributed by atoms with E-state index in [0.29, 0.717) is 5.02 Å². The Morgan fingerprint density at radius 3 is 2.45 bits per heavy atom. The normalized spacial score (nSPS) is 9.90. The van der Waals surface area contributed by atoms with Gasteiger partial charge in [-0.1, -0.05) is 24.2 Å². The van der Waals surface area contributed by atoms with E-state index in [1.54, 1.807) is 0 Å². The zero-order valence-electron chi connectivity index (χ0n) is 11.1. The van der Waals surface area contributed by atoms with Gasteiger partial charge in [0.1, 0.15) is 0 Å². The molecule has 0 aliphatic rings. The fraction of sp³-hybridized carbons (Fsp3) is 0.0625. The second kappa shape index (κ2) is 6.26. The summed E-state index contributed by atoms with van der Waals surface area (Å²) in [5.74, 6) is -0.230. The molecule has 0 aliphatic heterocycles. The molecule has 0 fully saturated rings. The highest BCUT2D eigenvalue weighted by atomic mass is 35.5. The quantitative estimate of drug-likeness (QED) is 0.812. The summed E-state index contributed by atoms with van der Waals surface area (Å²) < 4.78 is 0. The Kier molecular flexibility index (Phi) is 4.43. The van der Waals surface area contributed by atoms with Crippen LogP contribution in [0.4, 0.5) is 17.1 Å². The van der Waals surface area contributed by atoms with Crippen LogP contribution in [-0.4, -0.2) is 5.91 Å². The van der Waals surface area contributed by atoms with Crippen LogP contribution in [0, 0.1) is 6.92 Å². The molecular formula is C16H15ClN2O. The minimum Gasteiger partial charge on any atom is -0.355 e. The van der Waals surface area contributed by atoms with Gasteiger partial charge in [0.05, 0.1) is 0 Å². The first-order valence-electron chi connectivity index (χ1n) is 6.15. The molecule has 0 atom stereocenters. The van der Waals surface area contributed by atoms with Crippen LogP contribution >= 0.6 is 11.6 Å². The number of carbonyl (C=O) groups is 1. The lowest BCUT2D eigenvalue weighted by molar-refractivity contribution is -0.111. The van der Waals surface area contributed by atoms with Crippen molar-refractivity contribution in [3.8, 4) is 0 Å². The van der Waals surface area contributed by atoms with Gasteiger partial charge in [0.25, 0.3) is 0 Å². The topological polar surface area (TPSA) is 41.1 Å².